The first kappa shape index (κ1) is 19.5. The van der Waals surface area contributed by atoms with E-state index in [1.54, 1.807) is 43.2 Å². The molecule has 0 saturated heterocycles. The van der Waals surface area contributed by atoms with Gasteiger partial charge in [-0.15, -0.1) is 0 Å². The Labute approximate surface area is 164 Å². The summed E-state index contributed by atoms with van der Waals surface area (Å²) in [6.45, 7) is 2.00. The number of para-hydroxylation sites is 2. The van der Waals surface area contributed by atoms with E-state index in [-0.39, 0.29) is 18.4 Å². The van der Waals surface area contributed by atoms with Crippen molar-refractivity contribution >= 4 is 17.5 Å². The summed E-state index contributed by atoms with van der Waals surface area (Å²) in [5, 5.41) is 0. The highest BCUT2D eigenvalue weighted by Crippen LogP contribution is 2.33. The van der Waals surface area contributed by atoms with Gasteiger partial charge in [-0.25, -0.2) is 0 Å². The predicted molar refractivity (Wildman–Crippen MR) is 105 cm³/mol. The molecular weight excluding hydrogens is 360 g/mol. The lowest BCUT2D eigenvalue weighted by Crippen LogP contribution is -2.50. The average molecular weight is 384 g/mol. The Kier molecular flexibility index (Phi) is 5.73. The van der Waals surface area contributed by atoms with E-state index in [0.29, 0.717) is 29.5 Å². The molecule has 1 heterocycles. The summed E-state index contributed by atoms with van der Waals surface area (Å²) in [7, 11) is 4.86. The van der Waals surface area contributed by atoms with Crippen LogP contribution in [0.5, 0.6) is 17.2 Å². The van der Waals surface area contributed by atoms with Gasteiger partial charge in [0.25, 0.3) is 5.91 Å². The van der Waals surface area contributed by atoms with Crippen LogP contribution in [-0.4, -0.2) is 50.6 Å². The highest BCUT2D eigenvalue weighted by Gasteiger charge is 2.34. The van der Waals surface area contributed by atoms with Gasteiger partial charge in [0.2, 0.25) is 5.91 Å². The summed E-state index contributed by atoms with van der Waals surface area (Å²) in [6.07, 6.45) is -0.770. The third kappa shape index (κ3) is 3.88. The summed E-state index contributed by atoms with van der Waals surface area (Å²) in [5.74, 6) is 1.50. The molecule has 7 heteroatoms. The maximum absolute atomic E-state index is 13.0. The van der Waals surface area contributed by atoms with E-state index in [2.05, 4.69) is 0 Å². The summed E-state index contributed by atoms with van der Waals surface area (Å²) < 4.78 is 16.5. The van der Waals surface area contributed by atoms with Gasteiger partial charge in [0.05, 0.1) is 26.5 Å². The van der Waals surface area contributed by atoms with Gasteiger partial charge in [-0.2, -0.15) is 0 Å². The molecule has 2 amide bonds. The number of hydrogen-bond acceptors (Lipinski definition) is 5. The van der Waals surface area contributed by atoms with E-state index < -0.39 is 6.10 Å². The van der Waals surface area contributed by atoms with Gasteiger partial charge >= 0.3 is 0 Å². The van der Waals surface area contributed by atoms with Gasteiger partial charge in [-0.05, 0) is 24.3 Å². The standard InChI is InChI=1S/C21H24N2O5/c1-14(24)23-13-20(28-18-8-6-5-7-17(18)23)21(25)22(2)12-15-9-10-16(26-3)11-19(15)27-4/h5-11,20H,12-13H2,1-4H3/t20-/m0/s1. The number of ether oxygens (including phenoxy) is 3. The monoisotopic (exact) mass is 384 g/mol. The average Bonchev–Trinajstić information content (AvgIpc) is 2.72. The van der Waals surface area contributed by atoms with Crippen LogP contribution in [0.1, 0.15) is 12.5 Å². The maximum atomic E-state index is 13.0. The molecule has 0 unspecified atom stereocenters. The van der Waals surface area contributed by atoms with Crippen LogP contribution in [0.15, 0.2) is 42.5 Å². The number of carbonyl (C=O) groups excluding carboxylic acids is 2. The zero-order chi connectivity index (χ0) is 20.3. The highest BCUT2D eigenvalue weighted by molar-refractivity contribution is 5.95. The van der Waals surface area contributed by atoms with Crippen molar-refractivity contribution in [2.24, 2.45) is 0 Å². The third-order valence-electron chi connectivity index (χ3n) is 4.71. The fourth-order valence-corrected chi connectivity index (χ4v) is 3.22. The van der Waals surface area contributed by atoms with Crippen LogP contribution in [0.25, 0.3) is 0 Å². The second-order valence-corrected chi connectivity index (χ2v) is 6.58. The molecule has 0 aliphatic carbocycles. The Morgan fingerprint density at radius 1 is 1.18 bits per heavy atom. The third-order valence-corrected chi connectivity index (χ3v) is 4.71. The molecule has 1 aliphatic heterocycles. The van der Waals surface area contributed by atoms with Crippen molar-refractivity contribution in [2.75, 3.05) is 32.7 Å². The number of rotatable bonds is 5. The van der Waals surface area contributed by atoms with Gasteiger partial charge < -0.3 is 24.0 Å². The first-order chi connectivity index (χ1) is 13.4. The Bertz CT molecular complexity index is 883. The van der Waals surface area contributed by atoms with E-state index >= 15 is 0 Å². The summed E-state index contributed by atoms with van der Waals surface area (Å²) in [4.78, 5) is 28.2. The molecule has 0 radical (unpaired) electrons. The molecule has 28 heavy (non-hydrogen) atoms. The number of methoxy groups -OCH3 is 2. The number of anilines is 1. The van der Waals surface area contributed by atoms with Crippen LogP contribution < -0.4 is 19.1 Å². The molecule has 148 valence electrons. The van der Waals surface area contributed by atoms with Crippen LogP contribution in [-0.2, 0) is 16.1 Å². The number of nitrogens with zero attached hydrogens (tertiary/aromatic N) is 2. The van der Waals surface area contributed by atoms with Crippen LogP contribution in [0.4, 0.5) is 5.69 Å². The van der Waals surface area contributed by atoms with Crippen molar-refractivity contribution in [2.45, 2.75) is 19.6 Å². The molecule has 2 aromatic carbocycles. The normalized spacial score (nSPS) is 15.3. The van der Waals surface area contributed by atoms with Gasteiger partial charge in [-0.3, -0.25) is 9.59 Å². The number of amides is 2. The zero-order valence-corrected chi connectivity index (χ0v) is 16.5. The van der Waals surface area contributed by atoms with Crippen molar-refractivity contribution in [3.05, 3.63) is 48.0 Å². The Morgan fingerprint density at radius 3 is 2.61 bits per heavy atom. The predicted octanol–water partition coefficient (Wildman–Crippen LogP) is 2.48. The lowest BCUT2D eigenvalue weighted by Gasteiger charge is -2.35. The molecule has 0 bridgehead atoms. The fraction of sp³-hybridized carbons (Fsp3) is 0.333. The minimum Gasteiger partial charge on any atom is -0.497 e. The molecule has 1 aliphatic rings. The van der Waals surface area contributed by atoms with Crippen molar-refractivity contribution in [1.82, 2.24) is 4.90 Å². The molecule has 0 aromatic heterocycles. The number of hydrogen-bond donors (Lipinski definition) is 0. The summed E-state index contributed by atoms with van der Waals surface area (Å²) in [5.41, 5.74) is 1.53. The molecule has 2 aromatic rings. The van der Waals surface area contributed by atoms with Crippen LogP contribution in [0.3, 0.4) is 0 Å². The van der Waals surface area contributed by atoms with Crippen molar-refractivity contribution in [3.63, 3.8) is 0 Å². The molecule has 1 atom stereocenters. The van der Waals surface area contributed by atoms with Crippen molar-refractivity contribution < 1.29 is 23.8 Å². The van der Waals surface area contributed by atoms with E-state index in [1.165, 1.54) is 6.92 Å². The number of benzene rings is 2. The van der Waals surface area contributed by atoms with Crippen LogP contribution in [0.2, 0.25) is 0 Å². The molecule has 7 nitrogen and oxygen atoms in total. The Hall–Kier alpha value is -3.22. The summed E-state index contributed by atoms with van der Waals surface area (Å²) in [6, 6.07) is 12.7. The number of fused-ring (bicyclic) bond motifs is 1. The van der Waals surface area contributed by atoms with E-state index in [1.807, 2.05) is 30.3 Å². The first-order valence-corrected chi connectivity index (χ1v) is 8.94. The number of carbonyl (C=O) groups is 2. The Morgan fingerprint density at radius 2 is 1.93 bits per heavy atom. The van der Waals surface area contributed by atoms with Gasteiger partial charge in [0, 0.05) is 32.1 Å². The second kappa shape index (κ2) is 8.21. The lowest BCUT2D eigenvalue weighted by atomic mass is 10.1. The largest absolute Gasteiger partial charge is 0.497 e. The molecule has 0 fully saturated rings. The van der Waals surface area contributed by atoms with E-state index in [0.717, 1.165) is 5.56 Å². The van der Waals surface area contributed by atoms with Gasteiger partial charge in [0.1, 0.15) is 17.2 Å². The summed E-state index contributed by atoms with van der Waals surface area (Å²) >= 11 is 0. The zero-order valence-electron chi connectivity index (χ0n) is 16.5. The minimum absolute atomic E-state index is 0.131. The smallest absolute Gasteiger partial charge is 0.265 e. The van der Waals surface area contributed by atoms with Gasteiger partial charge in [-0.1, -0.05) is 12.1 Å². The van der Waals surface area contributed by atoms with E-state index in [4.69, 9.17) is 14.2 Å². The molecule has 0 spiro atoms. The molecule has 3 rings (SSSR count). The number of likely N-dealkylation sites (N-methyl/N-ethyl adjacent to an activating group) is 1. The van der Waals surface area contributed by atoms with E-state index in [9.17, 15) is 9.59 Å². The van der Waals surface area contributed by atoms with Crippen molar-refractivity contribution in [1.29, 1.82) is 0 Å². The van der Waals surface area contributed by atoms with Gasteiger partial charge in [0.15, 0.2) is 6.10 Å². The minimum atomic E-state index is -0.770. The highest BCUT2D eigenvalue weighted by atomic mass is 16.5. The molecule has 0 N–H and O–H groups in total. The first-order valence-electron chi connectivity index (χ1n) is 8.94. The maximum Gasteiger partial charge on any atom is 0.265 e. The molecule has 0 saturated carbocycles. The fourth-order valence-electron chi connectivity index (χ4n) is 3.22. The topological polar surface area (TPSA) is 68.3 Å². The van der Waals surface area contributed by atoms with Crippen LogP contribution >= 0.6 is 0 Å². The van der Waals surface area contributed by atoms with Crippen molar-refractivity contribution in [3.8, 4) is 17.2 Å². The second-order valence-electron chi connectivity index (χ2n) is 6.58. The Balaban J connectivity index is 1.78. The quantitative estimate of drug-likeness (QED) is 0.792. The SMILES string of the molecule is COc1ccc(CN(C)C(=O)[C@@H]2CN(C(C)=O)c3ccccc3O2)c(OC)c1. The van der Waals surface area contributed by atoms with Crippen LogP contribution in [0, 0.1) is 0 Å². The lowest BCUT2D eigenvalue weighted by molar-refractivity contribution is -0.138. The molecular formula is C21H24N2O5.